The van der Waals surface area contributed by atoms with Gasteiger partial charge in [-0.15, -0.1) is 0 Å². The van der Waals surface area contributed by atoms with Gasteiger partial charge in [-0.2, -0.15) is 0 Å². The summed E-state index contributed by atoms with van der Waals surface area (Å²) in [6, 6.07) is 15.3. The van der Waals surface area contributed by atoms with Crippen LogP contribution in [0.2, 0.25) is 0 Å². The molecule has 5 heteroatoms. The fourth-order valence-corrected chi connectivity index (χ4v) is 3.16. The molecule has 0 bridgehead atoms. The molecule has 0 atom stereocenters. The molecule has 0 radical (unpaired) electrons. The molecule has 0 fully saturated rings. The molecule has 5 nitrogen and oxygen atoms in total. The maximum absolute atomic E-state index is 12.9. The lowest BCUT2D eigenvalue weighted by molar-refractivity contribution is 0.0849. The Morgan fingerprint density at radius 2 is 1.77 bits per heavy atom. The zero-order chi connectivity index (χ0) is 18.5. The van der Waals surface area contributed by atoms with Crippen molar-refractivity contribution in [3.8, 4) is 5.75 Å². The van der Waals surface area contributed by atoms with Gasteiger partial charge >= 0.3 is 0 Å². The Morgan fingerprint density at radius 3 is 2.46 bits per heavy atom. The van der Waals surface area contributed by atoms with Crippen LogP contribution >= 0.6 is 0 Å². The molecular weight excluding hydrogens is 326 g/mol. The van der Waals surface area contributed by atoms with Crippen LogP contribution in [0.15, 0.2) is 53.5 Å². The van der Waals surface area contributed by atoms with Crippen molar-refractivity contribution >= 4 is 17.4 Å². The molecule has 0 aromatic heterocycles. The first-order valence-corrected chi connectivity index (χ1v) is 9.04. The Hall–Kier alpha value is -2.66. The first-order valence-electron chi connectivity index (χ1n) is 9.04. The van der Waals surface area contributed by atoms with Gasteiger partial charge in [-0.1, -0.05) is 38.1 Å². The number of hydrogen-bond acceptors (Lipinski definition) is 4. The van der Waals surface area contributed by atoms with Gasteiger partial charge in [0, 0.05) is 24.7 Å². The van der Waals surface area contributed by atoms with E-state index in [1.165, 1.54) is 0 Å². The summed E-state index contributed by atoms with van der Waals surface area (Å²) in [6.07, 6.45) is 0. The molecule has 2 aromatic carbocycles. The Labute approximate surface area is 154 Å². The molecule has 136 valence electrons. The third-order valence-corrected chi connectivity index (χ3v) is 4.72. The standard InChI is InChI=1S/C21H25N3O2/c1-4-23(5-2)13-14-24-20(18-11-6-7-12-19(18)21(24)25)22-16-9-8-10-17(15-16)26-3/h6-12,15H,4-5,13-14H2,1-3H3. The number of amides is 1. The van der Waals surface area contributed by atoms with Gasteiger partial charge in [-0.3, -0.25) is 9.69 Å². The van der Waals surface area contributed by atoms with Crippen molar-refractivity contribution in [3.05, 3.63) is 59.7 Å². The number of carbonyl (C=O) groups excluding carboxylic acids is 1. The van der Waals surface area contributed by atoms with Crippen LogP contribution in [-0.2, 0) is 0 Å². The first-order chi connectivity index (χ1) is 12.7. The van der Waals surface area contributed by atoms with Crippen LogP contribution in [0.4, 0.5) is 5.69 Å². The van der Waals surface area contributed by atoms with E-state index in [1.54, 1.807) is 12.0 Å². The van der Waals surface area contributed by atoms with Gasteiger partial charge in [0.25, 0.3) is 5.91 Å². The number of amidine groups is 1. The van der Waals surface area contributed by atoms with Crippen molar-refractivity contribution < 1.29 is 9.53 Å². The van der Waals surface area contributed by atoms with E-state index in [1.807, 2.05) is 48.5 Å². The number of rotatable bonds is 7. The topological polar surface area (TPSA) is 45.1 Å². The maximum atomic E-state index is 12.9. The summed E-state index contributed by atoms with van der Waals surface area (Å²) in [5.74, 6) is 1.49. The molecule has 26 heavy (non-hydrogen) atoms. The van der Waals surface area contributed by atoms with Gasteiger partial charge < -0.3 is 9.64 Å². The van der Waals surface area contributed by atoms with E-state index in [-0.39, 0.29) is 5.91 Å². The number of carbonyl (C=O) groups is 1. The SMILES string of the molecule is CCN(CC)CCN1C(=O)c2ccccc2C1=Nc1cccc(OC)c1. The van der Waals surface area contributed by atoms with Crippen molar-refractivity contribution in [1.29, 1.82) is 0 Å². The summed E-state index contributed by atoms with van der Waals surface area (Å²) in [6.45, 7) is 7.65. The molecule has 1 amide bonds. The lowest BCUT2D eigenvalue weighted by atomic mass is 10.1. The van der Waals surface area contributed by atoms with Crippen LogP contribution in [-0.4, -0.2) is 54.8 Å². The van der Waals surface area contributed by atoms with Crippen LogP contribution in [0.5, 0.6) is 5.75 Å². The van der Waals surface area contributed by atoms with Crippen molar-refractivity contribution in [2.45, 2.75) is 13.8 Å². The van der Waals surface area contributed by atoms with Gasteiger partial charge in [0.2, 0.25) is 0 Å². The highest BCUT2D eigenvalue weighted by Gasteiger charge is 2.33. The minimum Gasteiger partial charge on any atom is -0.497 e. The second kappa shape index (κ2) is 8.15. The van der Waals surface area contributed by atoms with Gasteiger partial charge in [0.15, 0.2) is 0 Å². The molecule has 2 aromatic rings. The van der Waals surface area contributed by atoms with Gasteiger partial charge in [0.1, 0.15) is 11.6 Å². The number of aliphatic imine (C=N–C) groups is 1. The van der Waals surface area contributed by atoms with Crippen molar-refractivity contribution in [2.24, 2.45) is 4.99 Å². The molecule has 3 rings (SSSR count). The first kappa shape index (κ1) is 18.1. The summed E-state index contributed by atoms with van der Waals surface area (Å²) in [4.78, 5) is 21.8. The second-order valence-corrected chi connectivity index (χ2v) is 6.17. The van der Waals surface area contributed by atoms with Gasteiger partial charge in [0.05, 0.1) is 18.4 Å². The highest BCUT2D eigenvalue weighted by molar-refractivity contribution is 6.23. The largest absolute Gasteiger partial charge is 0.497 e. The molecule has 0 aliphatic carbocycles. The minimum absolute atomic E-state index is 0.0226. The fourth-order valence-electron chi connectivity index (χ4n) is 3.16. The Bertz CT molecular complexity index is 812. The summed E-state index contributed by atoms with van der Waals surface area (Å²) in [7, 11) is 1.64. The van der Waals surface area contributed by atoms with E-state index in [0.29, 0.717) is 17.9 Å². The number of benzene rings is 2. The molecule has 0 N–H and O–H groups in total. The normalized spacial score (nSPS) is 15.0. The van der Waals surface area contributed by atoms with Crippen molar-refractivity contribution in [1.82, 2.24) is 9.80 Å². The van der Waals surface area contributed by atoms with E-state index in [2.05, 4.69) is 18.7 Å². The van der Waals surface area contributed by atoms with Crippen molar-refractivity contribution in [3.63, 3.8) is 0 Å². The maximum Gasteiger partial charge on any atom is 0.260 e. The van der Waals surface area contributed by atoms with E-state index in [9.17, 15) is 4.79 Å². The fraction of sp³-hybridized carbons (Fsp3) is 0.333. The van der Waals surface area contributed by atoms with Crippen LogP contribution in [0.3, 0.4) is 0 Å². The third kappa shape index (κ3) is 3.63. The molecule has 0 saturated carbocycles. The number of fused-ring (bicyclic) bond motifs is 1. The quantitative estimate of drug-likeness (QED) is 0.766. The average molecular weight is 351 g/mol. The Kier molecular flexibility index (Phi) is 5.68. The van der Waals surface area contributed by atoms with Crippen LogP contribution < -0.4 is 4.74 Å². The lowest BCUT2D eigenvalue weighted by Crippen LogP contribution is -2.38. The molecule has 0 saturated heterocycles. The summed E-state index contributed by atoms with van der Waals surface area (Å²) >= 11 is 0. The summed E-state index contributed by atoms with van der Waals surface area (Å²) in [5, 5.41) is 0. The van der Waals surface area contributed by atoms with Crippen molar-refractivity contribution in [2.75, 3.05) is 33.3 Å². The highest BCUT2D eigenvalue weighted by atomic mass is 16.5. The predicted octanol–water partition coefficient (Wildman–Crippen LogP) is 3.57. The average Bonchev–Trinajstić information content (AvgIpc) is 2.95. The second-order valence-electron chi connectivity index (χ2n) is 6.17. The summed E-state index contributed by atoms with van der Waals surface area (Å²) < 4.78 is 5.29. The predicted molar refractivity (Wildman–Crippen MR) is 104 cm³/mol. The van der Waals surface area contributed by atoms with Crippen LogP contribution in [0.1, 0.15) is 29.8 Å². The number of ether oxygens (including phenoxy) is 1. The van der Waals surface area contributed by atoms with Gasteiger partial charge in [-0.05, 0) is 31.3 Å². The minimum atomic E-state index is 0.0226. The van der Waals surface area contributed by atoms with Crippen LogP contribution in [0.25, 0.3) is 0 Å². The molecule has 0 unspecified atom stereocenters. The zero-order valence-electron chi connectivity index (χ0n) is 15.6. The lowest BCUT2D eigenvalue weighted by Gasteiger charge is -2.23. The number of nitrogens with zero attached hydrogens (tertiary/aromatic N) is 3. The molecule has 1 heterocycles. The van der Waals surface area contributed by atoms with Crippen LogP contribution in [0, 0.1) is 0 Å². The smallest absolute Gasteiger partial charge is 0.260 e. The number of methoxy groups -OCH3 is 1. The molecule has 1 aliphatic rings. The van der Waals surface area contributed by atoms with E-state index in [0.717, 1.165) is 36.6 Å². The number of likely N-dealkylation sites (N-methyl/N-ethyl adjacent to an activating group) is 1. The molecular formula is C21H25N3O2. The number of hydrogen-bond donors (Lipinski definition) is 0. The van der Waals surface area contributed by atoms with E-state index in [4.69, 9.17) is 9.73 Å². The third-order valence-electron chi connectivity index (χ3n) is 4.72. The van der Waals surface area contributed by atoms with Gasteiger partial charge in [-0.25, -0.2) is 4.99 Å². The zero-order valence-corrected chi connectivity index (χ0v) is 15.6. The highest BCUT2D eigenvalue weighted by Crippen LogP contribution is 2.27. The Morgan fingerprint density at radius 1 is 1.04 bits per heavy atom. The van der Waals surface area contributed by atoms with E-state index < -0.39 is 0 Å². The molecule has 0 spiro atoms. The molecule has 1 aliphatic heterocycles. The monoisotopic (exact) mass is 351 g/mol. The Balaban J connectivity index is 1.96. The summed E-state index contributed by atoms with van der Waals surface area (Å²) in [5.41, 5.74) is 2.38. The van der Waals surface area contributed by atoms with E-state index >= 15 is 0 Å².